The molecule has 110 valence electrons. The van der Waals surface area contributed by atoms with E-state index in [9.17, 15) is 19.5 Å². The third kappa shape index (κ3) is 2.71. The van der Waals surface area contributed by atoms with Gasteiger partial charge in [-0.3, -0.25) is 4.79 Å². The summed E-state index contributed by atoms with van der Waals surface area (Å²) >= 11 is 0. The van der Waals surface area contributed by atoms with Gasteiger partial charge in [0.2, 0.25) is 5.91 Å². The van der Waals surface area contributed by atoms with Crippen molar-refractivity contribution in [2.24, 2.45) is 5.73 Å². The van der Waals surface area contributed by atoms with Crippen LogP contribution < -0.4 is 5.73 Å². The predicted molar refractivity (Wildman–Crippen MR) is 70.8 cm³/mol. The van der Waals surface area contributed by atoms with E-state index >= 15 is 0 Å². The zero-order valence-corrected chi connectivity index (χ0v) is 11.4. The smallest absolute Gasteiger partial charge is 0.352 e. The van der Waals surface area contributed by atoms with Gasteiger partial charge in [-0.1, -0.05) is 18.2 Å². The number of primary amides is 1. The first-order chi connectivity index (χ1) is 9.73. The number of nitrogens with two attached hydrogens (primary N) is 1. The fraction of sp³-hybridized carbons (Fsp3) is 0.214. The van der Waals surface area contributed by atoms with Crippen LogP contribution in [0.2, 0.25) is 0 Å². The van der Waals surface area contributed by atoms with Gasteiger partial charge >= 0.3 is 11.9 Å². The van der Waals surface area contributed by atoms with Gasteiger partial charge in [0.25, 0.3) is 5.79 Å². The lowest BCUT2D eigenvalue weighted by atomic mass is 10.0. The lowest BCUT2D eigenvalue weighted by molar-refractivity contribution is -0.222. The summed E-state index contributed by atoms with van der Waals surface area (Å²) in [5, 5.41) is 10.2. The third-order valence-electron chi connectivity index (χ3n) is 2.77. The van der Waals surface area contributed by atoms with E-state index < -0.39 is 35.0 Å². The van der Waals surface area contributed by atoms with E-state index in [-0.39, 0.29) is 11.1 Å². The first kappa shape index (κ1) is 14.6. The standard InChI is InChI=1S/C14H13NO6/c1-14(2)20-12(18)9(13(19)21-14)10(16)7-5-3-4-6-8(7)11(15)17/h3-6,16H,1-2H3,(H2,15,17). The lowest BCUT2D eigenvalue weighted by Gasteiger charge is -2.30. The second kappa shape index (κ2) is 4.93. The number of aliphatic hydroxyl groups excluding tert-OH is 1. The molecule has 1 saturated heterocycles. The molecule has 0 radical (unpaired) electrons. The van der Waals surface area contributed by atoms with Crippen LogP contribution in [-0.2, 0) is 19.1 Å². The Hall–Kier alpha value is -2.83. The van der Waals surface area contributed by atoms with Crippen LogP contribution in [0.15, 0.2) is 29.8 Å². The Balaban J connectivity index is 2.57. The van der Waals surface area contributed by atoms with Gasteiger partial charge in [0.05, 0.1) is 5.56 Å². The maximum Gasteiger partial charge on any atom is 0.352 e. The number of carbonyl (C=O) groups is 3. The number of cyclic esters (lactones) is 2. The monoisotopic (exact) mass is 291 g/mol. The highest BCUT2D eigenvalue weighted by atomic mass is 16.7. The topological polar surface area (TPSA) is 116 Å². The van der Waals surface area contributed by atoms with Gasteiger partial charge in [0, 0.05) is 19.4 Å². The van der Waals surface area contributed by atoms with Gasteiger partial charge in [-0.05, 0) is 6.07 Å². The third-order valence-corrected chi connectivity index (χ3v) is 2.77. The molecule has 1 aromatic carbocycles. The van der Waals surface area contributed by atoms with Crippen molar-refractivity contribution in [1.82, 2.24) is 0 Å². The molecule has 1 heterocycles. The van der Waals surface area contributed by atoms with Crippen molar-refractivity contribution in [3.05, 3.63) is 41.0 Å². The molecule has 1 aliphatic heterocycles. The molecule has 7 nitrogen and oxygen atoms in total. The van der Waals surface area contributed by atoms with E-state index in [1.807, 2.05) is 0 Å². The number of amides is 1. The fourth-order valence-corrected chi connectivity index (χ4v) is 1.89. The van der Waals surface area contributed by atoms with Crippen LogP contribution in [0.5, 0.6) is 0 Å². The van der Waals surface area contributed by atoms with Crippen LogP contribution in [0.3, 0.4) is 0 Å². The summed E-state index contributed by atoms with van der Waals surface area (Å²) in [7, 11) is 0. The Kier molecular flexibility index (Phi) is 3.42. The predicted octanol–water partition coefficient (Wildman–Crippen LogP) is 0.891. The molecule has 1 fully saturated rings. The van der Waals surface area contributed by atoms with Crippen LogP contribution in [0.1, 0.15) is 29.8 Å². The average molecular weight is 291 g/mol. The molecule has 0 aliphatic carbocycles. The summed E-state index contributed by atoms with van der Waals surface area (Å²) in [6, 6.07) is 5.75. The van der Waals surface area contributed by atoms with Gasteiger partial charge in [0.15, 0.2) is 5.57 Å². The number of esters is 2. The van der Waals surface area contributed by atoms with Gasteiger partial charge in [-0.25, -0.2) is 9.59 Å². The first-order valence-electron chi connectivity index (χ1n) is 6.02. The molecular formula is C14H13NO6. The minimum atomic E-state index is -1.42. The Morgan fingerprint density at radius 3 is 2.05 bits per heavy atom. The van der Waals surface area contributed by atoms with Crippen LogP contribution in [0.25, 0.3) is 5.76 Å². The fourth-order valence-electron chi connectivity index (χ4n) is 1.89. The van der Waals surface area contributed by atoms with E-state index in [1.165, 1.54) is 38.1 Å². The molecule has 21 heavy (non-hydrogen) atoms. The van der Waals surface area contributed by atoms with Gasteiger partial charge in [-0.2, -0.15) is 0 Å². The minimum absolute atomic E-state index is 0.0343. The van der Waals surface area contributed by atoms with Crippen LogP contribution in [0, 0.1) is 0 Å². The van der Waals surface area contributed by atoms with Crippen molar-refractivity contribution in [2.75, 3.05) is 0 Å². The average Bonchev–Trinajstić information content (AvgIpc) is 2.36. The van der Waals surface area contributed by atoms with Gasteiger partial charge in [-0.15, -0.1) is 0 Å². The van der Waals surface area contributed by atoms with E-state index in [1.54, 1.807) is 0 Å². The number of benzene rings is 1. The lowest BCUT2D eigenvalue weighted by Crippen LogP contribution is -2.42. The van der Waals surface area contributed by atoms with E-state index in [0.29, 0.717) is 0 Å². The maximum atomic E-state index is 11.9. The number of ether oxygens (including phenoxy) is 2. The van der Waals surface area contributed by atoms with Gasteiger partial charge in [0.1, 0.15) is 5.76 Å². The summed E-state index contributed by atoms with van der Waals surface area (Å²) < 4.78 is 9.77. The van der Waals surface area contributed by atoms with Crippen LogP contribution in [0.4, 0.5) is 0 Å². The number of rotatable bonds is 2. The molecule has 0 saturated carbocycles. The molecule has 0 atom stereocenters. The maximum absolute atomic E-state index is 11.9. The second-order valence-corrected chi connectivity index (χ2v) is 4.81. The highest BCUT2D eigenvalue weighted by molar-refractivity contribution is 6.20. The van der Waals surface area contributed by atoms with Crippen LogP contribution in [-0.4, -0.2) is 28.7 Å². The van der Waals surface area contributed by atoms with Crippen molar-refractivity contribution in [2.45, 2.75) is 19.6 Å². The number of hydrogen-bond donors (Lipinski definition) is 2. The highest BCUT2D eigenvalue weighted by Gasteiger charge is 2.41. The zero-order chi connectivity index (χ0) is 15.8. The van der Waals surface area contributed by atoms with Crippen molar-refractivity contribution in [3.63, 3.8) is 0 Å². The van der Waals surface area contributed by atoms with Crippen molar-refractivity contribution >= 4 is 23.6 Å². The molecule has 1 aliphatic rings. The Labute approximate surface area is 120 Å². The van der Waals surface area contributed by atoms with Crippen molar-refractivity contribution in [3.8, 4) is 0 Å². The summed E-state index contributed by atoms with van der Waals surface area (Å²) in [5.74, 6) is -5.01. The first-order valence-corrected chi connectivity index (χ1v) is 6.02. The Morgan fingerprint density at radius 1 is 1.10 bits per heavy atom. The molecule has 0 aromatic heterocycles. The molecule has 7 heteroatoms. The summed E-state index contributed by atoms with van der Waals surface area (Å²) in [6.45, 7) is 2.77. The zero-order valence-electron chi connectivity index (χ0n) is 11.4. The van der Waals surface area contributed by atoms with Crippen molar-refractivity contribution in [1.29, 1.82) is 0 Å². The number of hydrogen-bond acceptors (Lipinski definition) is 6. The molecular weight excluding hydrogens is 278 g/mol. The molecule has 2 rings (SSSR count). The Morgan fingerprint density at radius 2 is 1.57 bits per heavy atom. The summed E-state index contributed by atoms with van der Waals surface area (Å²) in [4.78, 5) is 35.0. The molecule has 0 spiro atoms. The van der Waals surface area contributed by atoms with E-state index in [2.05, 4.69) is 0 Å². The second-order valence-electron chi connectivity index (χ2n) is 4.81. The number of carbonyl (C=O) groups excluding carboxylic acids is 3. The molecule has 0 unspecified atom stereocenters. The van der Waals surface area contributed by atoms with Crippen molar-refractivity contribution < 1.29 is 29.0 Å². The van der Waals surface area contributed by atoms with Gasteiger partial charge < -0.3 is 20.3 Å². The summed E-state index contributed by atoms with van der Waals surface area (Å²) in [6.07, 6.45) is 0. The minimum Gasteiger partial charge on any atom is -0.506 e. The molecule has 0 bridgehead atoms. The van der Waals surface area contributed by atoms with E-state index in [0.717, 1.165) is 0 Å². The normalized spacial score (nSPS) is 17.0. The molecule has 1 aromatic rings. The van der Waals surface area contributed by atoms with E-state index in [4.69, 9.17) is 15.2 Å². The quantitative estimate of drug-likeness (QED) is 0.362. The largest absolute Gasteiger partial charge is 0.506 e. The SMILES string of the molecule is CC1(C)OC(=O)C(=C(O)c2ccccc2C(N)=O)C(=O)O1. The van der Waals surface area contributed by atoms with Crippen LogP contribution >= 0.6 is 0 Å². The molecule has 1 amide bonds. The summed E-state index contributed by atoms with van der Waals surface area (Å²) in [5.41, 5.74) is 4.43. The highest BCUT2D eigenvalue weighted by Crippen LogP contribution is 2.28. The number of aliphatic hydroxyl groups is 1. The Bertz CT molecular complexity index is 652. The molecule has 3 N–H and O–H groups in total.